The highest BCUT2D eigenvalue weighted by atomic mass is 16.3. The minimum atomic E-state index is -0.150. The molecule has 1 aromatic heterocycles. The first kappa shape index (κ1) is 16.9. The van der Waals surface area contributed by atoms with E-state index in [4.69, 9.17) is 4.42 Å². The molecular weight excluding hydrogens is 320 g/mol. The number of carbonyl (C=O) groups is 2. The minimum absolute atomic E-state index is 0.135. The van der Waals surface area contributed by atoms with Crippen LogP contribution in [0.3, 0.4) is 0 Å². The van der Waals surface area contributed by atoms with Crippen LogP contribution in [0.1, 0.15) is 10.6 Å². The molecule has 0 aliphatic carbocycles. The van der Waals surface area contributed by atoms with Gasteiger partial charge in [0.2, 0.25) is 0 Å². The quantitative estimate of drug-likeness (QED) is 0.929. The van der Waals surface area contributed by atoms with Gasteiger partial charge in [-0.05, 0) is 36.4 Å². The zero-order valence-electron chi connectivity index (χ0n) is 14.4. The van der Waals surface area contributed by atoms with Gasteiger partial charge < -0.3 is 24.4 Å². The lowest BCUT2D eigenvalue weighted by molar-refractivity contribution is 0.0640. The number of hydrogen-bond donors (Lipinski definition) is 1. The Morgan fingerprint density at radius 2 is 1.64 bits per heavy atom. The standard InChI is InChI=1S/C18H22N4O3/c1-20(2)15-7-5-14(6-8-15)19-18(24)22-11-9-21(10-12-22)17(23)16-4-3-13-25-16/h3-8,13H,9-12H2,1-2H3,(H,19,24). The molecule has 3 rings (SSSR count). The summed E-state index contributed by atoms with van der Waals surface area (Å²) in [5.74, 6) is 0.197. The predicted octanol–water partition coefficient (Wildman–Crippen LogP) is 2.34. The fraction of sp³-hybridized carbons (Fsp3) is 0.333. The summed E-state index contributed by atoms with van der Waals surface area (Å²) < 4.78 is 5.14. The average molecular weight is 342 g/mol. The van der Waals surface area contributed by atoms with E-state index in [0.29, 0.717) is 31.9 Å². The van der Waals surface area contributed by atoms with Crippen LogP contribution >= 0.6 is 0 Å². The van der Waals surface area contributed by atoms with Crippen LogP contribution in [0.25, 0.3) is 0 Å². The molecule has 25 heavy (non-hydrogen) atoms. The number of nitrogens with zero attached hydrogens (tertiary/aromatic N) is 3. The van der Waals surface area contributed by atoms with Crippen molar-refractivity contribution in [2.75, 3.05) is 50.5 Å². The van der Waals surface area contributed by atoms with Crippen LogP contribution in [0, 0.1) is 0 Å². The molecule has 0 unspecified atom stereocenters. The van der Waals surface area contributed by atoms with Crippen LogP contribution in [0.2, 0.25) is 0 Å². The molecule has 7 heteroatoms. The van der Waals surface area contributed by atoms with Crippen molar-refractivity contribution in [3.8, 4) is 0 Å². The Kier molecular flexibility index (Phi) is 4.92. The van der Waals surface area contributed by atoms with E-state index in [0.717, 1.165) is 11.4 Å². The maximum absolute atomic E-state index is 12.4. The molecule has 3 amide bonds. The van der Waals surface area contributed by atoms with Gasteiger partial charge >= 0.3 is 6.03 Å². The topological polar surface area (TPSA) is 69.0 Å². The summed E-state index contributed by atoms with van der Waals surface area (Å²) >= 11 is 0. The molecule has 1 aliphatic rings. The maximum Gasteiger partial charge on any atom is 0.321 e. The normalized spacial score (nSPS) is 14.3. The van der Waals surface area contributed by atoms with Gasteiger partial charge in [-0.3, -0.25) is 4.79 Å². The van der Waals surface area contributed by atoms with Crippen LogP contribution in [-0.2, 0) is 0 Å². The Labute approximate surface area is 146 Å². The lowest BCUT2D eigenvalue weighted by Gasteiger charge is -2.34. The number of anilines is 2. The van der Waals surface area contributed by atoms with Crippen molar-refractivity contribution in [3.63, 3.8) is 0 Å². The number of urea groups is 1. The van der Waals surface area contributed by atoms with Crippen LogP contribution in [0.5, 0.6) is 0 Å². The Morgan fingerprint density at radius 1 is 1.00 bits per heavy atom. The molecule has 0 radical (unpaired) electrons. The van der Waals surface area contributed by atoms with E-state index in [1.807, 2.05) is 43.3 Å². The van der Waals surface area contributed by atoms with E-state index in [1.54, 1.807) is 21.9 Å². The fourth-order valence-corrected chi connectivity index (χ4v) is 2.71. The average Bonchev–Trinajstić information content (AvgIpc) is 3.16. The predicted molar refractivity (Wildman–Crippen MR) is 96.0 cm³/mol. The van der Waals surface area contributed by atoms with Gasteiger partial charge in [0.1, 0.15) is 0 Å². The molecule has 1 aromatic carbocycles. The second-order valence-electron chi connectivity index (χ2n) is 6.13. The second kappa shape index (κ2) is 7.29. The number of amides is 3. The van der Waals surface area contributed by atoms with Crippen molar-refractivity contribution >= 4 is 23.3 Å². The van der Waals surface area contributed by atoms with Crippen molar-refractivity contribution in [2.24, 2.45) is 0 Å². The van der Waals surface area contributed by atoms with Gasteiger partial charge in [0.25, 0.3) is 5.91 Å². The third-order valence-electron chi connectivity index (χ3n) is 4.22. The number of nitrogens with one attached hydrogen (secondary N) is 1. The zero-order chi connectivity index (χ0) is 17.8. The van der Waals surface area contributed by atoms with Crippen LogP contribution in [-0.4, -0.2) is 62.0 Å². The summed E-state index contributed by atoms with van der Waals surface area (Å²) in [7, 11) is 3.94. The number of rotatable bonds is 3. The van der Waals surface area contributed by atoms with E-state index < -0.39 is 0 Å². The summed E-state index contributed by atoms with van der Waals surface area (Å²) in [5, 5.41) is 2.90. The molecule has 1 fully saturated rings. The summed E-state index contributed by atoms with van der Waals surface area (Å²) in [5.41, 5.74) is 1.83. The number of hydrogen-bond acceptors (Lipinski definition) is 4. The Bertz CT molecular complexity index is 717. The van der Waals surface area contributed by atoms with Crippen molar-refractivity contribution < 1.29 is 14.0 Å². The Hall–Kier alpha value is -2.96. The van der Waals surface area contributed by atoms with Crippen molar-refractivity contribution in [1.29, 1.82) is 0 Å². The van der Waals surface area contributed by atoms with Gasteiger partial charge in [-0.2, -0.15) is 0 Å². The number of benzene rings is 1. The molecule has 0 bridgehead atoms. The number of furan rings is 1. The van der Waals surface area contributed by atoms with Gasteiger partial charge in [0, 0.05) is 51.6 Å². The molecule has 2 heterocycles. The molecule has 0 spiro atoms. The monoisotopic (exact) mass is 342 g/mol. The van der Waals surface area contributed by atoms with Crippen molar-refractivity contribution in [3.05, 3.63) is 48.4 Å². The van der Waals surface area contributed by atoms with E-state index in [1.165, 1.54) is 6.26 Å². The molecule has 1 N–H and O–H groups in total. The van der Waals surface area contributed by atoms with Crippen molar-refractivity contribution in [1.82, 2.24) is 9.80 Å². The van der Waals surface area contributed by atoms with Gasteiger partial charge in [-0.1, -0.05) is 0 Å². The highest BCUT2D eigenvalue weighted by Gasteiger charge is 2.26. The van der Waals surface area contributed by atoms with Gasteiger partial charge in [0.15, 0.2) is 5.76 Å². The first-order valence-electron chi connectivity index (χ1n) is 8.20. The molecular formula is C18H22N4O3. The molecule has 1 saturated heterocycles. The van der Waals surface area contributed by atoms with Crippen molar-refractivity contribution in [2.45, 2.75) is 0 Å². The fourth-order valence-electron chi connectivity index (χ4n) is 2.71. The first-order valence-corrected chi connectivity index (χ1v) is 8.20. The van der Waals surface area contributed by atoms with Gasteiger partial charge in [0.05, 0.1) is 6.26 Å². The second-order valence-corrected chi connectivity index (χ2v) is 6.13. The summed E-state index contributed by atoms with van der Waals surface area (Å²) in [6.07, 6.45) is 1.48. The Morgan fingerprint density at radius 3 is 2.20 bits per heavy atom. The lowest BCUT2D eigenvalue weighted by atomic mass is 10.2. The third kappa shape index (κ3) is 3.93. The number of carbonyl (C=O) groups excluding carboxylic acids is 2. The van der Waals surface area contributed by atoms with E-state index in [-0.39, 0.29) is 11.9 Å². The van der Waals surface area contributed by atoms with E-state index >= 15 is 0 Å². The number of piperazine rings is 1. The molecule has 1 aliphatic heterocycles. The third-order valence-corrected chi connectivity index (χ3v) is 4.22. The van der Waals surface area contributed by atoms with Gasteiger partial charge in [-0.15, -0.1) is 0 Å². The minimum Gasteiger partial charge on any atom is -0.459 e. The summed E-state index contributed by atoms with van der Waals surface area (Å²) in [6, 6.07) is 10.9. The SMILES string of the molecule is CN(C)c1ccc(NC(=O)N2CCN(C(=O)c3ccco3)CC2)cc1. The highest BCUT2D eigenvalue weighted by molar-refractivity contribution is 5.92. The van der Waals surface area contributed by atoms with Crippen LogP contribution < -0.4 is 10.2 Å². The zero-order valence-corrected chi connectivity index (χ0v) is 14.4. The molecule has 7 nitrogen and oxygen atoms in total. The van der Waals surface area contributed by atoms with E-state index in [9.17, 15) is 9.59 Å². The molecule has 0 saturated carbocycles. The summed E-state index contributed by atoms with van der Waals surface area (Å²) in [4.78, 5) is 30.0. The van der Waals surface area contributed by atoms with Crippen LogP contribution in [0.15, 0.2) is 47.1 Å². The summed E-state index contributed by atoms with van der Waals surface area (Å²) in [6.45, 7) is 1.97. The highest BCUT2D eigenvalue weighted by Crippen LogP contribution is 2.16. The van der Waals surface area contributed by atoms with Gasteiger partial charge in [-0.25, -0.2) is 4.79 Å². The molecule has 0 atom stereocenters. The van der Waals surface area contributed by atoms with E-state index in [2.05, 4.69) is 5.32 Å². The molecule has 2 aromatic rings. The lowest BCUT2D eigenvalue weighted by Crippen LogP contribution is -2.51. The van der Waals surface area contributed by atoms with Crippen LogP contribution in [0.4, 0.5) is 16.2 Å². The first-order chi connectivity index (χ1) is 12.0. The molecule has 132 valence electrons. The Balaban J connectivity index is 1.52. The maximum atomic E-state index is 12.4. The smallest absolute Gasteiger partial charge is 0.321 e. The largest absolute Gasteiger partial charge is 0.459 e.